The van der Waals surface area contributed by atoms with Gasteiger partial charge in [-0.1, -0.05) is 6.07 Å². The van der Waals surface area contributed by atoms with Crippen molar-refractivity contribution in [2.24, 2.45) is 5.73 Å². The van der Waals surface area contributed by atoms with Crippen molar-refractivity contribution in [1.29, 1.82) is 0 Å². The Labute approximate surface area is 122 Å². The average molecular weight is 300 g/mol. The molecular formula is C12H18ClN5O2. The van der Waals surface area contributed by atoms with E-state index in [1.165, 1.54) is 4.40 Å². The van der Waals surface area contributed by atoms with Crippen LogP contribution in [-0.2, 0) is 11.3 Å². The number of carbonyl (C=O) groups is 1. The standard InChI is InChI=1S/C12H17N5O2.ClH/c1-12(2,8-13)14-10(18)7-17-11(19)16-6-4-3-5-9(16)15-17;/h3-6H,7-8,13H2,1-2H3,(H,14,18);1H. The summed E-state index contributed by atoms with van der Waals surface area (Å²) in [7, 11) is 0. The molecule has 2 aromatic heterocycles. The van der Waals surface area contributed by atoms with Crippen molar-refractivity contribution in [2.45, 2.75) is 25.9 Å². The fourth-order valence-electron chi connectivity index (χ4n) is 1.68. The lowest BCUT2D eigenvalue weighted by molar-refractivity contribution is -0.123. The molecule has 0 unspecified atom stereocenters. The van der Waals surface area contributed by atoms with Gasteiger partial charge in [0.25, 0.3) is 0 Å². The van der Waals surface area contributed by atoms with Crippen molar-refractivity contribution < 1.29 is 4.79 Å². The third-order valence-electron chi connectivity index (χ3n) is 2.77. The van der Waals surface area contributed by atoms with Gasteiger partial charge in [0, 0.05) is 18.3 Å². The van der Waals surface area contributed by atoms with Gasteiger partial charge in [-0.15, -0.1) is 17.5 Å². The number of pyridine rings is 1. The number of carbonyl (C=O) groups excluding carboxylic acids is 1. The number of rotatable bonds is 4. The molecule has 2 heterocycles. The third-order valence-corrected chi connectivity index (χ3v) is 2.77. The molecule has 0 spiro atoms. The monoisotopic (exact) mass is 299 g/mol. The maximum Gasteiger partial charge on any atom is 0.350 e. The second kappa shape index (κ2) is 6.06. The summed E-state index contributed by atoms with van der Waals surface area (Å²) in [4.78, 5) is 23.8. The number of hydrogen-bond donors (Lipinski definition) is 2. The molecule has 0 saturated carbocycles. The lowest BCUT2D eigenvalue weighted by Crippen LogP contribution is -2.50. The quantitative estimate of drug-likeness (QED) is 0.815. The number of fused-ring (bicyclic) bond motifs is 1. The van der Waals surface area contributed by atoms with Crippen molar-refractivity contribution in [1.82, 2.24) is 19.5 Å². The summed E-state index contributed by atoms with van der Waals surface area (Å²) in [5.41, 5.74) is 5.21. The van der Waals surface area contributed by atoms with Gasteiger partial charge in [0.05, 0.1) is 0 Å². The number of hydrogen-bond acceptors (Lipinski definition) is 4. The molecular weight excluding hydrogens is 282 g/mol. The Morgan fingerprint density at radius 1 is 1.45 bits per heavy atom. The number of nitrogens with zero attached hydrogens (tertiary/aromatic N) is 3. The van der Waals surface area contributed by atoms with Crippen LogP contribution in [0, 0.1) is 0 Å². The minimum atomic E-state index is -0.500. The first-order chi connectivity index (χ1) is 8.93. The highest BCUT2D eigenvalue weighted by molar-refractivity contribution is 5.85. The van der Waals surface area contributed by atoms with Gasteiger partial charge < -0.3 is 11.1 Å². The molecule has 0 aliphatic carbocycles. The lowest BCUT2D eigenvalue weighted by atomic mass is 10.1. The SMILES string of the molecule is CC(C)(CN)NC(=O)Cn1nc2ccccn2c1=O.Cl. The topological polar surface area (TPSA) is 94.4 Å². The first-order valence-corrected chi connectivity index (χ1v) is 5.98. The maximum atomic E-state index is 12.0. The number of halogens is 1. The molecule has 8 heteroatoms. The minimum Gasteiger partial charge on any atom is -0.348 e. The predicted molar refractivity (Wildman–Crippen MR) is 78.0 cm³/mol. The fourth-order valence-corrected chi connectivity index (χ4v) is 1.68. The third kappa shape index (κ3) is 3.37. The number of aromatic nitrogens is 3. The summed E-state index contributed by atoms with van der Waals surface area (Å²) < 4.78 is 2.53. The molecule has 0 saturated heterocycles. The second-order valence-corrected chi connectivity index (χ2v) is 5.01. The van der Waals surface area contributed by atoms with Crippen molar-refractivity contribution >= 4 is 24.0 Å². The van der Waals surface area contributed by atoms with E-state index < -0.39 is 5.54 Å². The van der Waals surface area contributed by atoms with Crippen LogP contribution in [0.15, 0.2) is 29.2 Å². The van der Waals surface area contributed by atoms with Crippen molar-refractivity contribution in [3.63, 3.8) is 0 Å². The van der Waals surface area contributed by atoms with Crippen LogP contribution in [0.2, 0.25) is 0 Å². The summed E-state index contributed by atoms with van der Waals surface area (Å²) in [5.74, 6) is -0.291. The Kier molecular flexibility index (Phi) is 4.91. The zero-order chi connectivity index (χ0) is 14.0. The molecule has 0 aromatic carbocycles. The summed E-state index contributed by atoms with van der Waals surface area (Å²) in [6.45, 7) is 3.83. The van der Waals surface area contributed by atoms with Crippen LogP contribution in [0.5, 0.6) is 0 Å². The first kappa shape index (κ1) is 16.2. The van der Waals surface area contributed by atoms with E-state index in [9.17, 15) is 9.59 Å². The maximum absolute atomic E-state index is 12.0. The molecule has 0 aliphatic heterocycles. The van der Waals surface area contributed by atoms with Gasteiger partial charge in [-0.25, -0.2) is 9.48 Å². The Balaban J connectivity index is 0.00000200. The van der Waals surface area contributed by atoms with Gasteiger partial charge in [-0.05, 0) is 26.0 Å². The van der Waals surface area contributed by atoms with Gasteiger partial charge in [-0.3, -0.25) is 9.20 Å². The fraction of sp³-hybridized carbons (Fsp3) is 0.417. The van der Waals surface area contributed by atoms with E-state index in [1.807, 2.05) is 13.8 Å². The molecule has 0 fully saturated rings. The Hall–Kier alpha value is -1.86. The number of nitrogens with one attached hydrogen (secondary N) is 1. The van der Waals surface area contributed by atoms with E-state index in [0.717, 1.165) is 4.68 Å². The second-order valence-electron chi connectivity index (χ2n) is 5.01. The van der Waals surface area contributed by atoms with Crippen LogP contribution in [-0.4, -0.2) is 32.2 Å². The van der Waals surface area contributed by atoms with E-state index in [4.69, 9.17) is 5.73 Å². The van der Waals surface area contributed by atoms with Crippen molar-refractivity contribution in [3.05, 3.63) is 34.9 Å². The summed E-state index contributed by atoms with van der Waals surface area (Å²) in [6, 6.07) is 5.22. The molecule has 0 bridgehead atoms. The van der Waals surface area contributed by atoms with E-state index in [1.54, 1.807) is 24.4 Å². The lowest BCUT2D eigenvalue weighted by Gasteiger charge is -2.23. The smallest absolute Gasteiger partial charge is 0.348 e. The van der Waals surface area contributed by atoms with Gasteiger partial charge in [0.15, 0.2) is 5.65 Å². The Morgan fingerprint density at radius 3 is 2.75 bits per heavy atom. The van der Waals surface area contributed by atoms with Crippen LogP contribution >= 0.6 is 12.4 Å². The van der Waals surface area contributed by atoms with E-state index in [-0.39, 0.29) is 30.5 Å². The highest BCUT2D eigenvalue weighted by atomic mass is 35.5. The van der Waals surface area contributed by atoms with Gasteiger partial charge in [-0.2, -0.15) is 0 Å². The predicted octanol–water partition coefficient (Wildman–Crippen LogP) is -0.229. The van der Waals surface area contributed by atoms with Crippen LogP contribution in [0.25, 0.3) is 5.65 Å². The molecule has 110 valence electrons. The molecule has 7 nitrogen and oxygen atoms in total. The zero-order valence-corrected chi connectivity index (χ0v) is 12.2. The Morgan fingerprint density at radius 2 is 2.15 bits per heavy atom. The molecule has 3 N–H and O–H groups in total. The van der Waals surface area contributed by atoms with E-state index >= 15 is 0 Å². The molecule has 1 amide bonds. The van der Waals surface area contributed by atoms with Gasteiger partial charge in [0.1, 0.15) is 6.54 Å². The summed E-state index contributed by atoms with van der Waals surface area (Å²) in [5, 5.41) is 6.84. The number of amides is 1. The molecule has 0 radical (unpaired) electrons. The minimum absolute atomic E-state index is 0. The van der Waals surface area contributed by atoms with Crippen molar-refractivity contribution in [2.75, 3.05) is 6.54 Å². The molecule has 0 aliphatic rings. The van der Waals surface area contributed by atoms with Crippen LogP contribution in [0.1, 0.15) is 13.8 Å². The van der Waals surface area contributed by atoms with Crippen LogP contribution < -0.4 is 16.7 Å². The Bertz CT molecular complexity index is 661. The summed E-state index contributed by atoms with van der Waals surface area (Å²) >= 11 is 0. The summed E-state index contributed by atoms with van der Waals surface area (Å²) in [6.07, 6.45) is 1.61. The molecule has 20 heavy (non-hydrogen) atoms. The largest absolute Gasteiger partial charge is 0.350 e. The molecule has 2 rings (SSSR count). The van der Waals surface area contributed by atoms with Crippen LogP contribution in [0.3, 0.4) is 0 Å². The average Bonchev–Trinajstić information content (AvgIpc) is 2.66. The van der Waals surface area contributed by atoms with Crippen molar-refractivity contribution in [3.8, 4) is 0 Å². The van der Waals surface area contributed by atoms with Gasteiger partial charge >= 0.3 is 5.69 Å². The van der Waals surface area contributed by atoms with Gasteiger partial charge in [0.2, 0.25) is 5.91 Å². The highest BCUT2D eigenvalue weighted by Crippen LogP contribution is 1.99. The highest BCUT2D eigenvalue weighted by Gasteiger charge is 2.19. The van der Waals surface area contributed by atoms with Crippen LogP contribution in [0.4, 0.5) is 0 Å². The number of nitrogens with two attached hydrogens (primary N) is 1. The van der Waals surface area contributed by atoms with E-state index in [0.29, 0.717) is 12.2 Å². The molecule has 0 atom stereocenters. The zero-order valence-electron chi connectivity index (χ0n) is 11.4. The van der Waals surface area contributed by atoms with E-state index in [2.05, 4.69) is 10.4 Å². The first-order valence-electron chi connectivity index (χ1n) is 5.98. The molecule has 2 aromatic rings. The normalized spacial score (nSPS) is 11.2.